The molecule has 3 aromatic rings. The molecule has 0 fully saturated rings. The molecule has 126 valence electrons. The quantitative estimate of drug-likeness (QED) is 0.389. The fraction of sp³-hybridized carbons (Fsp3) is 0.167. The van der Waals surface area contributed by atoms with Crippen molar-refractivity contribution >= 4 is 18.3 Å². The molecule has 0 amide bonds. The molecule has 0 saturated heterocycles. The zero-order valence-corrected chi connectivity index (χ0v) is 14.8. The lowest BCUT2D eigenvalue weighted by atomic mass is 10.1. The smallest absolute Gasteiger partial charge is 0.270 e. The molecule has 0 atom stereocenters. The van der Waals surface area contributed by atoms with E-state index in [4.69, 9.17) is 0 Å². The second kappa shape index (κ2) is 10.2. The first kappa shape index (κ1) is 19.4. The van der Waals surface area contributed by atoms with Crippen LogP contribution in [0.1, 0.15) is 13.8 Å². The molecule has 24 heavy (non-hydrogen) atoms. The molecule has 0 saturated carbocycles. The van der Waals surface area contributed by atoms with E-state index in [9.17, 15) is 10.1 Å². The fourth-order valence-corrected chi connectivity index (χ4v) is 2.01. The Hall–Kier alpha value is -2.60. The Balaban J connectivity index is 0.000000671. The average Bonchev–Trinajstić information content (AvgIpc) is 3.16. The van der Waals surface area contributed by atoms with Gasteiger partial charge in [-0.1, -0.05) is 56.3 Å². The van der Waals surface area contributed by atoms with Crippen molar-refractivity contribution in [3.63, 3.8) is 0 Å². The summed E-state index contributed by atoms with van der Waals surface area (Å²) in [6, 6.07) is 18.1. The lowest BCUT2D eigenvalue weighted by Gasteiger charge is -1.96. The minimum Gasteiger partial charge on any atom is -0.277 e. The van der Waals surface area contributed by atoms with E-state index in [-0.39, 0.29) is 5.69 Å². The molecule has 0 radical (unpaired) electrons. The highest BCUT2D eigenvalue weighted by atomic mass is 32.1. The molecule has 6 heteroatoms. The third-order valence-electron chi connectivity index (χ3n) is 3.02. The maximum absolute atomic E-state index is 10.8. The van der Waals surface area contributed by atoms with Crippen LogP contribution in [-0.2, 0) is 0 Å². The summed E-state index contributed by atoms with van der Waals surface area (Å²) < 4.78 is 0. The SMILES string of the molecule is CC.CS.O=[N+]([O-])c1cccc(-c2cc(-c3ccccc3)[nH]n2)c1. The summed E-state index contributed by atoms with van der Waals surface area (Å²) in [6.07, 6.45) is 1.69. The van der Waals surface area contributed by atoms with Crippen LogP contribution in [0.2, 0.25) is 0 Å². The van der Waals surface area contributed by atoms with Crippen molar-refractivity contribution in [3.8, 4) is 22.5 Å². The second-order valence-electron chi connectivity index (χ2n) is 4.34. The molecule has 2 aromatic carbocycles. The van der Waals surface area contributed by atoms with Crippen LogP contribution < -0.4 is 0 Å². The topological polar surface area (TPSA) is 71.8 Å². The zero-order valence-electron chi connectivity index (χ0n) is 13.9. The number of aromatic amines is 1. The molecule has 1 N–H and O–H groups in total. The first-order chi connectivity index (χ1) is 11.7. The first-order valence-electron chi connectivity index (χ1n) is 7.54. The predicted octanol–water partition coefficient (Wildman–Crippen LogP) is 5.22. The van der Waals surface area contributed by atoms with E-state index in [2.05, 4.69) is 22.8 Å². The number of rotatable bonds is 3. The van der Waals surface area contributed by atoms with Gasteiger partial charge in [-0.25, -0.2) is 0 Å². The van der Waals surface area contributed by atoms with Gasteiger partial charge < -0.3 is 0 Å². The highest BCUT2D eigenvalue weighted by Gasteiger charge is 2.10. The van der Waals surface area contributed by atoms with Crippen LogP contribution in [0, 0.1) is 10.1 Å². The van der Waals surface area contributed by atoms with Crippen molar-refractivity contribution in [1.82, 2.24) is 10.2 Å². The maximum Gasteiger partial charge on any atom is 0.270 e. The molecule has 0 bridgehead atoms. The number of nitrogens with zero attached hydrogens (tertiary/aromatic N) is 2. The van der Waals surface area contributed by atoms with Gasteiger partial charge in [0.2, 0.25) is 0 Å². The Bertz CT molecular complexity index is 758. The van der Waals surface area contributed by atoms with Crippen LogP contribution in [0.5, 0.6) is 0 Å². The maximum atomic E-state index is 10.8. The van der Waals surface area contributed by atoms with E-state index in [1.807, 2.05) is 50.2 Å². The minimum atomic E-state index is -0.408. The van der Waals surface area contributed by atoms with Gasteiger partial charge in [0, 0.05) is 17.7 Å². The molecular weight excluding hydrogens is 322 g/mol. The van der Waals surface area contributed by atoms with Gasteiger partial charge in [-0.2, -0.15) is 17.7 Å². The van der Waals surface area contributed by atoms with E-state index in [0.717, 1.165) is 16.8 Å². The summed E-state index contributed by atoms with van der Waals surface area (Å²) in [4.78, 5) is 10.4. The molecule has 0 unspecified atom stereocenters. The van der Waals surface area contributed by atoms with E-state index >= 15 is 0 Å². The molecule has 0 aliphatic rings. The van der Waals surface area contributed by atoms with E-state index < -0.39 is 4.92 Å². The van der Waals surface area contributed by atoms with Crippen molar-refractivity contribution in [3.05, 3.63) is 70.8 Å². The summed E-state index contributed by atoms with van der Waals surface area (Å²) >= 11 is 3.53. The first-order valence-corrected chi connectivity index (χ1v) is 8.44. The summed E-state index contributed by atoms with van der Waals surface area (Å²) in [5.74, 6) is 0. The van der Waals surface area contributed by atoms with Crippen molar-refractivity contribution in [2.45, 2.75) is 13.8 Å². The van der Waals surface area contributed by atoms with Crippen LogP contribution in [0.3, 0.4) is 0 Å². The third kappa shape index (κ3) is 4.96. The average molecular weight is 343 g/mol. The summed E-state index contributed by atoms with van der Waals surface area (Å²) in [7, 11) is 0. The number of thiol groups is 1. The molecule has 0 aliphatic carbocycles. The number of non-ortho nitro benzene ring substituents is 1. The Morgan fingerprint density at radius 3 is 2.21 bits per heavy atom. The molecule has 5 nitrogen and oxygen atoms in total. The lowest BCUT2D eigenvalue weighted by Crippen LogP contribution is -1.88. The van der Waals surface area contributed by atoms with E-state index in [1.165, 1.54) is 12.1 Å². The van der Waals surface area contributed by atoms with E-state index in [0.29, 0.717) is 5.69 Å². The fourth-order valence-electron chi connectivity index (χ4n) is 2.01. The number of aromatic nitrogens is 2. The van der Waals surface area contributed by atoms with Gasteiger partial charge >= 0.3 is 0 Å². The van der Waals surface area contributed by atoms with Crippen LogP contribution >= 0.6 is 12.6 Å². The largest absolute Gasteiger partial charge is 0.277 e. The monoisotopic (exact) mass is 343 g/mol. The second-order valence-corrected chi connectivity index (χ2v) is 4.34. The highest BCUT2D eigenvalue weighted by molar-refractivity contribution is 7.79. The van der Waals surface area contributed by atoms with Gasteiger partial charge in [-0.05, 0) is 17.9 Å². The van der Waals surface area contributed by atoms with Crippen LogP contribution in [0.15, 0.2) is 60.7 Å². The summed E-state index contributed by atoms with van der Waals surface area (Å²) in [5.41, 5.74) is 3.38. The molecular formula is C18H21N3O2S. The Kier molecular flexibility index (Phi) is 8.29. The van der Waals surface area contributed by atoms with Gasteiger partial charge in [0.25, 0.3) is 5.69 Å². The molecule has 0 aliphatic heterocycles. The van der Waals surface area contributed by atoms with Gasteiger partial charge in [-0.15, -0.1) is 0 Å². The number of H-pyrrole nitrogens is 1. The molecule has 1 aromatic heterocycles. The van der Waals surface area contributed by atoms with Gasteiger partial charge in [0.05, 0.1) is 16.3 Å². The predicted molar refractivity (Wildman–Crippen MR) is 102 cm³/mol. The minimum absolute atomic E-state index is 0.0618. The van der Waals surface area contributed by atoms with Crippen LogP contribution in [0.25, 0.3) is 22.5 Å². The van der Waals surface area contributed by atoms with Crippen molar-refractivity contribution in [1.29, 1.82) is 0 Å². The van der Waals surface area contributed by atoms with Gasteiger partial charge in [0.1, 0.15) is 0 Å². The number of hydrogen-bond acceptors (Lipinski definition) is 4. The van der Waals surface area contributed by atoms with Gasteiger partial charge in [0.15, 0.2) is 0 Å². The number of nitro groups is 1. The standard InChI is InChI=1S/C15H11N3O2.C2H6.CH4S/c19-18(20)13-8-4-7-12(9-13)15-10-14(16-17-15)11-5-2-1-3-6-11;2*1-2/h1-10H,(H,16,17);1-2H3;2H,1H3. The Morgan fingerprint density at radius 1 is 0.958 bits per heavy atom. The van der Waals surface area contributed by atoms with Crippen molar-refractivity contribution in [2.24, 2.45) is 0 Å². The molecule has 1 heterocycles. The third-order valence-corrected chi connectivity index (χ3v) is 3.02. The number of nitro benzene ring substituents is 1. The normalized spacial score (nSPS) is 9.17. The summed E-state index contributed by atoms with van der Waals surface area (Å²) in [5, 5.41) is 18.0. The van der Waals surface area contributed by atoms with Crippen LogP contribution in [-0.4, -0.2) is 21.4 Å². The van der Waals surface area contributed by atoms with Crippen LogP contribution in [0.4, 0.5) is 5.69 Å². The van der Waals surface area contributed by atoms with Crippen molar-refractivity contribution < 1.29 is 4.92 Å². The summed E-state index contributed by atoms with van der Waals surface area (Å²) in [6.45, 7) is 4.00. The number of benzene rings is 2. The lowest BCUT2D eigenvalue weighted by molar-refractivity contribution is -0.384. The zero-order chi connectivity index (χ0) is 17.9. The highest BCUT2D eigenvalue weighted by Crippen LogP contribution is 2.26. The Morgan fingerprint density at radius 2 is 1.58 bits per heavy atom. The molecule has 3 rings (SSSR count). The number of nitrogens with one attached hydrogen (secondary N) is 1. The Labute approximate surface area is 147 Å². The van der Waals surface area contributed by atoms with E-state index in [1.54, 1.807) is 18.4 Å². The van der Waals surface area contributed by atoms with Gasteiger partial charge in [-0.3, -0.25) is 15.2 Å². The molecule has 0 spiro atoms. The number of hydrogen-bond donors (Lipinski definition) is 2. The van der Waals surface area contributed by atoms with Crippen molar-refractivity contribution in [2.75, 3.05) is 6.26 Å².